The van der Waals surface area contributed by atoms with Gasteiger partial charge in [0.1, 0.15) is 10.6 Å². The second kappa shape index (κ2) is 5.66. The van der Waals surface area contributed by atoms with Crippen LogP contribution in [0.1, 0.15) is 5.56 Å². The number of aromatic nitrogens is 2. The van der Waals surface area contributed by atoms with Crippen molar-refractivity contribution < 1.29 is 4.92 Å². The lowest BCUT2D eigenvalue weighted by Crippen LogP contribution is -1.97. The van der Waals surface area contributed by atoms with Crippen LogP contribution in [0.2, 0.25) is 0 Å². The van der Waals surface area contributed by atoms with E-state index in [1.165, 1.54) is 29.2 Å². The fraction of sp³-hybridized carbons (Fsp3) is 0.0769. The van der Waals surface area contributed by atoms with Crippen LogP contribution in [0.25, 0.3) is 10.2 Å². The number of hydrogen-bond donors (Lipinski definition) is 1. The molecule has 0 atom stereocenters. The third kappa shape index (κ3) is 2.81. The Morgan fingerprint density at radius 1 is 1.29 bits per heavy atom. The SMILES string of the molecule is Nc1nc(SCc2ccccc2[N+](=O)[O-])nc2sccc12. The summed E-state index contributed by atoms with van der Waals surface area (Å²) in [6, 6.07) is 8.54. The van der Waals surface area contributed by atoms with E-state index in [1.807, 2.05) is 11.4 Å². The number of nitrogen functional groups attached to an aromatic ring is 1. The average Bonchev–Trinajstić information content (AvgIpc) is 2.94. The number of nitro benzene ring substituents is 1. The third-order valence-corrected chi connectivity index (χ3v) is 4.58. The standard InChI is InChI=1S/C13H10N4O2S2/c14-11-9-5-6-20-12(9)16-13(15-11)21-7-8-3-1-2-4-10(8)17(18)19/h1-6H,7H2,(H2,14,15,16). The highest BCUT2D eigenvalue weighted by molar-refractivity contribution is 7.98. The van der Waals surface area contributed by atoms with Crippen molar-refractivity contribution in [2.75, 3.05) is 5.73 Å². The molecule has 2 N–H and O–H groups in total. The van der Waals surface area contributed by atoms with Crippen molar-refractivity contribution in [2.45, 2.75) is 10.9 Å². The van der Waals surface area contributed by atoms with Gasteiger partial charge in [0.05, 0.1) is 10.3 Å². The van der Waals surface area contributed by atoms with Gasteiger partial charge in [-0.2, -0.15) is 0 Å². The fourth-order valence-electron chi connectivity index (χ4n) is 1.88. The Bertz CT molecular complexity index is 819. The second-order valence-corrected chi connectivity index (χ2v) is 6.04. The quantitative estimate of drug-likeness (QED) is 0.342. The number of thiophene rings is 1. The normalized spacial score (nSPS) is 10.9. The summed E-state index contributed by atoms with van der Waals surface area (Å²) in [5.41, 5.74) is 6.63. The molecular formula is C13H10N4O2S2. The first-order valence-corrected chi connectivity index (χ1v) is 7.87. The zero-order chi connectivity index (χ0) is 14.8. The number of benzene rings is 1. The lowest BCUT2D eigenvalue weighted by molar-refractivity contribution is -0.385. The van der Waals surface area contributed by atoms with Crippen LogP contribution in [0.4, 0.5) is 11.5 Å². The monoisotopic (exact) mass is 318 g/mol. The highest BCUT2D eigenvalue weighted by atomic mass is 32.2. The molecule has 0 amide bonds. The molecule has 0 aliphatic carbocycles. The maximum Gasteiger partial charge on any atom is 0.273 e. The number of anilines is 1. The average molecular weight is 318 g/mol. The number of rotatable bonds is 4. The minimum absolute atomic E-state index is 0.107. The van der Waals surface area contributed by atoms with E-state index < -0.39 is 0 Å². The molecule has 106 valence electrons. The van der Waals surface area contributed by atoms with E-state index >= 15 is 0 Å². The molecule has 0 unspecified atom stereocenters. The van der Waals surface area contributed by atoms with Gasteiger partial charge in [0.25, 0.3) is 5.69 Å². The molecular weight excluding hydrogens is 308 g/mol. The number of nitro groups is 1. The summed E-state index contributed by atoms with van der Waals surface area (Å²) in [5.74, 6) is 0.860. The summed E-state index contributed by atoms with van der Waals surface area (Å²) in [5, 5.41) is 14.3. The van der Waals surface area contributed by atoms with Crippen molar-refractivity contribution in [3.63, 3.8) is 0 Å². The van der Waals surface area contributed by atoms with Gasteiger partial charge in [0, 0.05) is 17.4 Å². The maximum atomic E-state index is 11.0. The minimum Gasteiger partial charge on any atom is -0.383 e. The Hall–Kier alpha value is -2.19. The van der Waals surface area contributed by atoms with E-state index in [2.05, 4.69) is 9.97 Å². The summed E-state index contributed by atoms with van der Waals surface area (Å²) in [6.45, 7) is 0. The van der Waals surface area contributed by atoms with Gasteiger partial charge in [-0.05, 0) is 11.4 Å². The van der Waals surface area contributed by atoms with Crippen molar-refractivity contribution in [3.8, 4) is 0 Å². The van der Waals surface area contributed by atoms with Gasteiger partial charge in [-0.3, -0.25) is 10.1 Å². The fourth-order valence-corrected chi connectivity index (χ4v) is 3.55. The van der Waals surface area contributed by atoms with Crippen LogP contribution in [0.3, 0.4) is 0 Å². The number of fused-ring (bicyclic) bond motifs is 1. The van der Waals surface area contributed by atoms with E-state index in [0.29, 0.717) is 22.3 Å². The van der Waals surface area contributed by atoms with Gasteiger partial charge >= 0.3 is 0 Å². The van der Waals surface area contributed by atoms with Crippen molar-refractivity contribution >= 4 is 44.8 Å². The number of para-hydroxylation sites is 1. The van der Waals surface area contributed by atoms with E-state index in [1.54, 1.807) is 18.2 Å². The molecule has 0 aliphatic heterocycles. The third-order valence-electron chi connectivity index (χ3n) is 2.88. The highest BCUT2D eigenvalue weighted by Gasteiger charge is 2.14. The van der Waals surface area contributed by atoms with Crippen LogP contribution in [0.5, 0.6) is 0 Å². The van der Waals surface area contributed by atoms with Gasteiger partial charge in [-0.15, -0.1) is 11.3 Å². The Morgan fingerprint density at radius 2 is 2.10 bits per heavy atom. The molecule has 0 saturated heterocycles. The summed E-state index contributed by atoms with van der Waals surface area (Å²) in [6.07, 6.45) is 0. The number of hydrogen-bond acceptors (Lipinski definition) is 7. The van der Waals surface area contributed by atoms with Gasteiger partial charge in [-0.1, -0.05) is 30.0 Å². The molecule has 1 aromatic carbocycles. The Morgan fingerprint density at radius 3 is 2.90 bits per heavy atom. The molecule has 0 spiro atoms. The van der Waals surface area contributed by atoms with E-state index in [9.17, 15) is 10.1 Å². The van der Waals surface area contributed by atoms with Crippen LogP contribution >= 0.6 is 23.1 Å². The zero-order valence-corrected chi connectivity index (χ0v) is 12.4. The smallest absolute Gasteiger partial charge is 0.273 e. The second-order valence-electron chi connectivity index (χ2n) is 4.21. The lowest BCUT2D eigenvalue weighted by atomic mass is 10.2. The topological polar surface area (TPSA) is 94.9 Å². The van der Waals surface area contributed by atoms with Crippen LogP contribution in [-0.2, 0) is 5.75 Å². The predicted octanol–water partition coefficient (Wildman–Crippen LogP) is 3.47. The molecule has 8 heteroatoms. The van der Waals surface area contributed by atoms with Gasteiger partial charge < -0.3 is 5.73 Å². The van der Waals surface area contributed by atoms with Crippen LogP contribution in [0.15, 0.2) is 40.9 Å². The largest absolute Gasteiger partial charge is 0.383 e. The molecule has 3 rings (SSSR count). The van der Waals surface area contributed by atoms with Gasteiger partial charge in [0.15, 0.2) is 5.16 Å². The van der Waals surface area contributed by atoms with E-state index in [4.69, 9.17) is 5.73 Å². The number of nitrogens with two attached hydrogens (primary N) is 1. The van der Waals surface area contributed by atoms with E-state index in [-0.39, 0.29) is 10.6 Å². The predicted molar refractivity (Wildman–Crippen MR) is 84.5 cm³/mol. The maximum absolute atomic E-state index is 11.0. The van der Waals surface area contributed by atoms with Crippen LogP contribution in [0, 0.1) is 10.1 Å². The highest BCUT2D eigenvalue weighted by Crippen LogP contribution is 2.29. The van der Waals surface area contributed by atoms with Crippen LogP contribution < -0.4 is 5.73 Å². The van der Waals surface area contributed by atoms with Crippen molar-refractivity contribution in [3.05, 3.63) is 51.4 Å². The van der Waals surface area contributed by atoms with Crippen molar-refractivity contribution in [2.24, 2.45) is 0 Å². The molecule has 2 heterocycles. The molecule has 0 radical (unpaired) electrons. The Labute approximate surface area is 128 Å². The number of nitrogens with zero attached hydrogens (tertiary/aromatic N) is 3. The summed E-state index contributed by atoms with van der Waals surface area (Å²) in [7, 11) is 0. The molecule has 0 saturated carbocycles. The molecule has 2 aromatic heterocycles. The van der Waals surface area contributed by atoms with Gasteiger partial charge in [0.2, 0.25) is 0 Å². The molecule has 3 aromatic rings. The Kier molecular flexibility index (Phi) is 3.72. The van der Waals surface area contributed by atoms with Gasteiger partial charge in [-0.25, -0.2) is 9.97 Å². The van der Waals surface area contributed by atoms with Crippen LogP contribution in [-0.4, -0.2) is 14.9 Å². The summed E-state index contributed by atoms with van der Waals surface area (Å²) < 4.78 is 0. The van der Waals surface area contributed by atoms with Crippen molar-refractivity contribution in [1.29, 1.82) is 0 Å². The number of thioether (sulfide) groups is 1. The minimum atomic E-state index is -0.381. The summed E-state index contributed by atoms with van der Waals surface area (Å²) >= 11 is 2.83. The molecule has 0 fully saturated rings. The lowest BCUT2D eigenvalue weighted by Gasteiger charge is -2.03. The van der Waals surface area contributed by atoms with E-state index in [0.717, 1.165) is 10.2 Å². The first-order valence-electron chi connectivity index (χ1n) is 6.01. The molecule has 0 aliphatic rings. The zero-order valence-electron chi connectivity index (χ0n) is 10.7. The van der Waals surface area contributed by atoms with Crippen molar-refractivity contribution in [1.82, 2.24) is 9.97 Å². The molecule has 21 heavy (non-hydrogen) atoms. The summed E-state index contributed by atoms with van der Waals surface area (Å²) in [4.78, 5) is 20.1. The molecule has 0 bridgehead atoms. The molecule has 6 nitrogen and oxygen atoms in total. The first kappa shape index (κ1) is 13.8. The first-order chi connectivity index (χ1) is 10.1. The Balaban J connectivity index is 1.85.